The Labute approximate surface area is 731 Å². The number of carbonyl (C=O) groups excluding carboxylic acids is 6. The molecule has 32 heteroatoms. The van der Waals surface area contributed by atoms with Crippen LogP contribution >= 0.6 is 0 Å². The van der Waals surface area contributed by atoms with E-state index in [1.54, 1.807) is 39.0 Å². The fourth-order valence-electron chi connectivity index (χ4n) is 18.5. The second-order valence-corrected chi connectivity index (χ2v) is 35.0. The molecule has 670 valence electrons. The summed E-state index contributed by atoms with van der Waals surface area (Å²) in [5.41, 5.74) is 21.6. The predicted octanol–water partition coefficient (Wildman–Crippen LogP) is 10.4. The minimum absolute atomic E-state index is 0.0159. The first-order valence-corrected chi connectivity index (χ1v) is 44.9. The number of nitrogens with two attached hydrogens (primary N) is 2. The van der Waals surface area contributed by atoms with E-state index in [-0.39, 0.29) is 79.2 Å². The van der Waals surface area contributed by atoms with E-state index in [4.69, 9.17) is 49.4 Å². The van der Waals surface area contributed by atoms with Gasteiger partial charge in [-0.25, -0.2) is 44.2 Å². The zero-order valence-corrected chi connectivity index (χ0v) is 73.4. The quantitative estimate of drug-likeness (QED) is 0.0238. The highest BCUT2D eigenvalue weighted by Gasteiger charge is 2.42. The first-order chi connectivity index (χ1) is 60.6. The number of nitrogen functional groups attached to an aromatic ring is 2. The van der Waals surface area contributed by atoms with E-state index >= 15 is 0 Å². The summed E-state index contributed by atoms with van der Waals surface area (Å²) in [7, 11) is 3.27. The number of ketones is 2. The summed E-state index contributed by atoms with van der Waals surface area (Å²) in [5.74, 6) is -0.615. The van der Waals surface area contributed by atoms with E-state index in [1.807, 2.05) is 85.9 Å². The van der Waals surface area contributed by atoms with E-state index in [1.165, 1.54) is 16.8 Å². The van der Waals surface area contributed by atoms with Gasteiger partial charge in [0.2, 0.25) is 17.7 Å². The number of aliphatic hydroxyl groups excluding tert-OH is 1. The number of benzene rings is 2. The van der Waals surface area contributed by atoms with Crippen molar-refractivity contribution >= 4 is 81.3 Å². The van der Waals surface area contributed by atoms with Gasteiger partial charge in [-0.2, -0.15) is 10.1 Å². The number of amides is 3. The van der Waals surface area contributed by atoms with E-state index in [0.717, 1.165) is 113 Å². The maximum Gasteiger partial charge on any atom is 0.407 e. The number of alkyl carbamates (subject to hydrolysis) is 1. The maximum absolute atomic E-state index is 14.6. The van der Waals surface area contributed by atoms with Crippen molar-refractivity contribution in [1.29, 1.82) is 0 Å². The number of fused-ring (bicyclic) bond motifs is 6. The third-order valence-corrected chi connectivity index (χ3v) is 26.1. The third kappa shape index (κ3) is 23.8. The number of aromatic nitrogens is 9. The number of hydrogen-bond donors (Lipinski definition) is 4. The Bertz CT molecular complexity index is 4970. The number of allylic oxidation sites excluding steroid dienone is 5. The molecular formula is C93H124N18O14. The number of esters is 1. The minimum atomic E-state index is -0.989. The maximum atomic E-state index is 14.6. The fourth-order valence-corrected chi connectivity index (χ4v) is 18.5. The van der Waals surface area contributed by atoms with Gasteiger partial charge in [-0.3, -0.25) is 29.0 Å². The molecule has 1 saturated carbocycles. The number of piperidine rings is 1. The number of nitrogens with one attached hydrogen (secondary N) is 1. The number of cyclic esters (lactones) is 1. The van der Waals surface area contributed by atoms with Crippen LogP contribution in [0, 0.1) is 23.7 Å². The molecule has 4 saturated heterocycles. The highest BCUT2D eigenvalue weighted by molar-refractivity contribution is 6.38. The van der Waals surface area contributed by atoms with Gasteiger partial charge in [0, 0.05) is 173 Å². The lowest BCUT2D eigenvalue weighted by Crippen LogP contribution is -2.54. The van der Waals surface area contributed by atoms with Gasteiger partial charge in [-0.15, -0.1) is 0 Å². The average molecular weight is 1720 g/mol. The van der Waals surface area contributed by atoms with Crippen LogP contribution < -0.4 is 26.6 Å². The zero-order valence-electron chi connectivity index (χ0n) is 73.4. The van der Waals surface area contributed by atoms with Crippen molar-refractivity contribution in [2.75, 3.05) is 127 Å². The fraction of sp³-hybridized carbons (Fsp3) is 0.570. The Morgan fingerprint density at radius 3 is 2.15 bits per heavy atom. The SMILES string of the molecule is CO[C@H]1CC2CCCC(O2)C(=O)C(=O)N2CCCC[C@H]2C(=O)O[C@H](CC[C@H]2CC[C@H](OC(=O)NCc3cnc(N4CCN(CCOCCN5CCN(c6ncc(C(=O)N7CCc8cc(Cn9nc(-c%10ccc%11oc(N)nc%11c%10)c%10c(N)ncnc%109)ccc8C7)cn6)CC5)CC4)nc3)CC2)C[C@@H](OC)[C@H](C)/C=C(\C)[C@@H](O)CC(=O)[C@H](C)C[C@H](C)/C=C/C=C/C=C/1C. The number of anilines is 4. The molecule has 3 amide bonds. The van der Waals surface area contributed by atoms with Crippen LogP contribution in [0.2, 0.25) is 0 Å². The number of aliphatic hydroxyl groups is 1. The molecule has 7 aliphatic rings. The normalized spacial score (nSPS) is 26.9. The number of hydrogen-bond acceptors (Lipinski definition) is 28. The van der Waals surface area contributed by atoms with Crippen molar-refractivity contribution in [3.63, 3.8) is 0 Å². The lowest BCUT2D eigenvalue weighted by Gasteiger charge is -2.37. The van der Waals surface area contributed by atoms with Crippen LogP contribution in [-0.4, -0.2) is 260 Å². The van der Waals surface area contributed by atoms with Gasteiger partial charge in [-0.05, 0) is 162 Å². The average Bonchev–Trinajstić information content (AvgIpc) is 1.62. The molecule has 2 unspecified atom stereocenters. The number of ether oxygens (including phenoxy) is 6. The monoisotopic (exact) mass is 1720 g/mol. The molecule has 0 spiro atoms. The van der Waals surface area contributed by atoms with Crippen LogP contribution in [0.3, 0.4) is 0 Å². The number of nitrogens with zero attached hydrogens (tertiary/aromatic N) is 15. The van der Waals surface area contributed by atoms with Crippen molar-refractivity contribution in [1.82, 2.24) is 69.6 Å². The van der Waals surface area contributed by atoms with Crippen LogP contribution in [0.5, 0.6) is 0 Å². The predicted molar refractivity (Wildman–Crippen MR) is 473 cm³/mol. The largest absolute Gasteiger partial charge is 0.461 e. The van der Waals surface area contributed by atoms with Gasteiger partial charge < -0.3 is 74.3 Å². The molecule has 14 rings (SSSR count). The van der Waals surface area contributed by atoms with Crippen LogP contribution in [0.1, 0.15) is 170 Å². The number of methoxy groups -OCH3 is 2. The molecule has 10 atom stereocenters. The van der Waals surface area contributed by atoms with Gasteiger partial charge in [0.15, 0.2) is 11.2 Å². The molecule has 1 aliphatic carbocycles. The molecular weight excluding hydrogens is 1590 g/mol. The summed E-state index contributed by atoms with van der Waals surface area (Å²) in [6.45, 7) is 21.1. The zero-order chi connectivity index (χ0) is 87.6. The van der Waals surface area contributed by atoms with Crippen LogP contribution in [0.25, 0.3) is 33.4 Å². The van der Waals surface area contributed by atoms with E-state index in [0.29, 0.717) is 173 Å². The molecule has 0 radical (unpaired) electrons. The molecule has 6 aliphatic heterocycles. The summed E-state index contributed by atoms with van der Waals surface area (Å²) >= 11 is 0. The van der Waals surface area contributed by atoms with Crippen molar-refractivity contribution in [3.05, 3.63) is 143 Å². The molecule has 7 aromatic rings. The van der Waals surface area contributed by atoms with Crippen molar-refractivity contribution in [3.8, 4) is 11.3 Å². The van der Waals surface area contributed by atoms with Crippen LogP contribution in [0.4, 0.5) is 28.5 Å². The summed E-state index contributed by atoms with van der Waals surface area (Å²) in [5, 5.41) is 19.9. The van der Waals surface area contributed by atoms with E-state index in [2.05, 4.69) is 91.0 Å². The molecule has 5 aromatic heterocycles. The minimum Gasteiger partial charge on any atom is -0.461 e. The third-order valence-electron chi connectivity index (χ3n) is 26.1. The number of oxazole rings is 1. The molecule has 125 heavy (non-hydrogen) atoms. The van der Waals surface area contributed by atoms with Gasteiger partial charge in [-0.1, -0.05) is 75.4 Å². The number of piperazine rings is 2. The lowest BCUT2D eigenvalue weighted by atomic mass is 9.83. The Morgan fingerprint density at radius 1 is 0.704 bits per heavy atom. The van der Waals surface area contributed by atoms with Gasteiger partial charge in [0.1, 0.15) is 53.5 Å². The van der Waals surface area contributed by atoms with Crippen molar-refractivity contribution in [2.24, 2.45) is 23.7 Å². The smallest absolute Gasteiger partial charge is 0.407 e. The van der Waals surface area contributed by atoms with E-state index in [9.17, 15) is 33.9 Å². The molecule has 5 fully saturated rings. The number of rotatable bonds is 20. The number of Topliss-reactive ketones (excluding diaryl/α,β-unsaturated/α-hetero) is 2. The Kier molecular flexibility index (Phi) is 31.3. The lowest BCUT2D eigenvalue weighted by molar-refractivity contribution is -0.168. The highest BCUT2D eigenvalue weighted by Crippen LogP contribution is 2.37. The summed E-state index contributed by atoms with van der Waals surface area (Å²) in [6.07, 6.45) is 25.5. The first kappa shape index (κ1) is 90.8. The topological polar surface area (TPSA) is 383 Å². The molecule has 2 bridgehead atoms. The Balaban J connectivity index is 0.479. The standard InChI is InChI=1S/C93H124N18O14/c1-59-14-9-8-10-15-60(2)80(119-6)48-72-16-13-18-79(122-72)84(114)88(116)110-30-12-11-17-75(110)89(117)123-73(49-81(120-7)63(5)45-62(4)77(113)50-76(112)61(3)44-59)27-22-64-20-25-71(26-21-64)124-93(118)100-53-66-51-96-91(97-52-66)107-36-32-105(33-37-107)40-42-121-43-41-106-34-38-108(39-35-106)92-98-54-70(55-99-92)87(115)109-31-29-67-46-65(19-23-69(67)57-109)56-111-86-82(85(94)101-58-102-86)83(104-111)68-24-28-78-74(47-68)103-90(95)125-78/h8-10,14-15,19,23-24,28,45-47,51-52,54-55,58-59,61,63-64,71-73,75,77,79-81,113H,11-13,16-18,20-22,25-27,29-44,48-50,53,56-57H2,1-7H3,(H2,95,103)(H,100,118)(H2,94,101,102)/b10-8+,14-9+,60-15+,62-45+/t59-,61-,63-,64-,71-,72?,73-,75+,77+,79?,80+,81-/m1/s1. The van der Waals surface area contributed by atoms with Crippen molar-refractivity contribution < 1.29 is 66.7 Å². The summed E-state index contributed by atoms with van der Waals surface area (Å²) in [4.78, 5) is 128. The second kappa shape index (κ2) is 43.1. The molecule has 32 nitrogen and oxygen atoms in total. The Morgan fingerprint density at radius 2 is 1.43 bits per heavy atom. The summed E-state index contributed by atoms with van der Waals surface area (Å²) in [6, 6.07) is 11.0. The van der Waals surface area contributed by atoms with Gasteiger partial charge in [0.05, 0.1) is 55.1 Å². The molecule has 11 heterocycles. The number of carbonyl (C=O) groups is 6. The molecule has 6 N–H and O–H groups in total. The van der Waals surface area contributed by atoms with Gasteiger partial charge in [0.25, 0.3) is 17.8 Å². The van der Waals surface area contributed by atoms with Gasteiger partial charge >= 0.3 is 12.1 Å². The molecule has 2 aromatic carbocycles. The summed E-state index contributed by atoms with van der Waals surface area (Å²) < 4.78 is 44.4. The second-order valence-electron chi connectivity index (χ2n) is 35.0. The van der Waals surface area contributed by atoms with Crippen LogP contribution in [-0.2, 0) is 73.7 Å². The Hall–Kier alpha value is -10.5. The van der Waals surface area contributed by atoms with E-state index < -0.39 is 54.2 Å². The highest BCUT2D eigenvalue weighted by atomic mass is 16.6. The van der Waals surface area contributed by atoms with Crippen LogP contribution in [0.15, 0.2) is 120 Å². The first-order valence-electron chi connectivity index (χ1n) is 44.9. The van der Waals surface area contributed by atoms with Crippen molar-refractivity contribution in [2.45, 2.75) is 212 Å².